The van der Waals surface area contributed by atoms with Crippen molar-refractivity contribution in [3.63, 3.8) is 0 Å². The molecule has 0 radical (unpaired) electrons. The lowest BCUT2D eigenvalue weighted by atomic mass is 9.84. The van der Waals surface area contributed by atoms with E-state index in [1.807, 2.05) is 24.3 Å². The zero-order valence-corrected chi connectivity index (χ0v) is 30.5. The largest absolute Gasteiger partial charge is 0.497 e. The number of hydrogen-bond acceptors (Lipinski definition) is 18. The number of methoxy groups -OCH3 is 1. The number of hydrogen-bond donors (Lipinski definition) is 11. The van der Waals surface area contributed by atoms with Gasteiger partial charge in [-0.1, -0.05) is 31.2 Å². The third-order valence-corrected chi connectivity index (χ3v) is 10.5. The van der Waals surface area contributed by atoms with E-state index in [9.17, 15) is 65.8 Å². The number of aliphatic carboxylic acids is 1. The number of carbonyl (C=O) groups is 2. The Bertz CT molecular complexity index is 1670. The monoisotopic (exact) mass is 798 g/mol. The zero-order valence-electron chi connectivity index (χ0n) is 30.5. The predicted octanol–water partition coefficient (Wildman–Crippen LogP) is -3.21. The number of carboxylic acid groups (broad SMARTS) is 1. The minimum atomic E-state index is -2.70. The maximum atomic E-state index is 12.9. The summed E-state index contributed by atoms with van der Waals surface area (Å²) in [4.78, 5) is 25.4. The van der Waals surface area contributed by atoms with Crippen LogP contribution in [0.4, 0.5) is 0 Å². The number of ether oxygens (including phenoxy) is 6. The van der Waals surface area contributed by atoms with Crippen molar-refractivity contribution < 1.29 is 94.2 Å². The first kappa shape index (κ1) is 43.9. The third kappa shape index (κ3) is 9.39. The molecule has 56 heavy (non-hydrogen) atoms. The van der Waals surface area contributed by atoms with E-state index in [1.165, 1.54) is 13.0 Å². The summed E-state index contributed by atoms with van der Waals surface area (Å²) < 4.78 is 33.4. The Labute approximate surface area is 320 Å². The number of allylic oxidation sites excluding steroid dienone is 1. The molecule has 0 saturated carbocycles. The molecule has 0 amide bonds. The first-order valence-corrected chi connectivity index (χ1v) is 18.0. The second-order valence-corrected chi connectivity index (χ2v) is 14.3. The first-order chi connectivity index (χ1) is 26.5. The van der Waals surface area contributed by atoms with Gasteiger partial charge in [-0.2, -0.15) is 0 Å². The van der Waals surface area contributed by atoms with Crippen molar-refractivity contribution in [1.29, 1.82) is 0 Å². The molecule has 5 rings (SSSR count). The van der Waals surface area contributed by atoms with E-state index in [0.29, 0.717) is 11.3 Å². The summed E-state index contributed by atoms with van der Waals surface area (Å²) in [7, 11) is 1.56. The van der Waals surface area contributed by atoms with Gasteiger partial charge in [-0.15, -0.1) is 0 Å². The van der Waals surface area contributed by atoms with Gasteiger partial charge in [-0.25, -0.2) is 4.79 Å². The molecule has 3 heterocycles. The summed E-state index contributed by atoms with van der Waals surface area (Å²) >= 11 is 0. The minimum absolute atomic E-state index is 0.409. The van der Waals surface area contributed by atoms with Crippen molar-refractivity contribution >= 4 is 28.6 Å². The van der Waals surface area contributed by atoms with Crippen LogP contribution in [0.15, 0.2) is 42.5 Å². The van der Waals surface area contributed by atoms with Gasteiger partial charge in [0, 0.05) is 18.8 Å². The molecule has 0 aliphatic carbocycles. The number of benzene rings is 2. The molecule has 2 aromatic rings. The second kappa shape index (κ2) is 18.6. The Balaban J connectivity index is 1.23. The Hall–Kier alpha value is -3.22. The van der Waals surface area contributed by atoms with Crippen molar-refractivity contribution in [2.75, 3.05) is 26.9 Å². The summed E-state index contributed by atoms with van der Waals surface area (Å²) in [6.45, 7) is -1.21. The van der Waals surface area contributed by atoms with Crippen molar-refractivity contribution in [2.24, 2.45) is 5.92 Å². The van der Waals surface area contributed by atoms with Crippen LogP contribution in [0.25, 0.3) is 16.8 Å². The van der Waals surface area contributed by atoms with Crippen molar-refractivity contribution in [3.8, 4) is 5.75 Å². The molecule has 3 aliphatic heterocycles. The molecule has 312 valence electrons. The van der Waals surface area contributed by atoms with Gasteiger partial charge in [0.15, 0.2) is 12.1 Å². The third-order valence-electron chi connectivity index (χ3n) is 10.5. The van der Waals surface area contributed by atoms with Gasteiger partial charge in [0.05, 0.1) is 45.2 Å². The molecule has 16 atom stereocenters. The molecule has 19 heteroatoms. The van der Waals surface area contributed by atoms with Crippen LogP contribution in [0.3, 0.4) is 0 Å². The average Bonchev–Trinajstić information content (AvgIpc) is 3.19. The molecule has 11 N–H and O–H groups in total. The summed E-state index contributed by atoms with van der Waals surface area (Å²) in [5, 5.41) is 117. The normalized spacial score (nSPS) is 37.7. The van der Waals surface area contributed by atoms with E-state index >= 15 is 0 Å². The van der Waals surface area contributed by atoms with E-state index in [0.717, 1.165) is 10.8 Å². The quantitative estimate of drug-likeness (QED) is 0.0790. The van der Waals surface area contributed by atoms with Crippen LogP contribution in [0.2, 0.25) is 0 Å². The highest BCUT2D eigenvalue weighted by atomic mass is 16.8. The number of fused-ring (bicyclic) bond motifs is 1. The molecule has 3 saturated heterocycles. The second-order valence-electron chi connectivity index (χ2n) is 14.3. The zero-order chi connectivity index (χ0) is 41.1. The highest BCUT2D eigenvalue weighted by Gasteiger charge is 2.56. The standard InChI is InChI=1S/C37H50O19/c1-16-22(41)12-37(36(49)50,56-33(16)27(43)23(42)13-38)52-15-26-29(45)30(46)32(48)35(54-26)55-34-25(14-39)53-24(28(44)31(34)47)11-20(40)7-4-17-3-5-19-10-21(51-2)8-6-18(19)9-17/h3-10,16,22-35,38-39,41-48H,11-15H2,1-2H3,(H,49,50)/b7-4+/t16-,22-,23-,24+,25?,26?,27-,28?,29+,30+,31-,32?,33?,34-,35+,37-/m1/s1. The molecular weight excluding hydrogens is 748 g/mol. The van der Waals surface area contributed by atoms with Gasteiger partial charge < -0.3 is 84.6 Å². The predicted molar refractivity (Wildman–Crippen MR) is 189 cm³/mol. The highest BCUT2D eigenvalue weighted by molar-refractivity contribution is 5.95. The highest BCUT2D eigenvalue weighted by Crippen LogP contribution is 2.38. The average molecular weight is 799 g/mol. The molecule has 19 nitrogen and oxygen atoms in total. The van der Waals surface area contributed by atoms with E-state index in [4.69, 9.17) is 28.4 Å². The van der Waals surface area contributed by atoms with Crippen LogP contribution in [-0.2, 0) is 33.3 Å². The van der Waals surface area contributed by atoms with Crippen LogP contribution in [0.1, 0.15) is 25.3 Å². The molecule has 3 fully saturated rings. The molecule has 2 aromatic carbocycles. The van der Waals surface area contributed by atoms with Crippen molar-refractivity contribution in [3.05, 3.63) is 48.0 Å². The van der Waals surface area contributed by atoms with E-state index < -0.39 is 142 Å². The lowest BCUT2D eigenvalue weighted by Crippen LogP contribution is -2.65. The summed E-state index contributed by atoms with van der Waals surface area (Å²) in [6.07, 6.45) is -22.4. The van der Waals surface area contributed by atoms with Gasteiger partial charge in [-0.05, 0) is 40.6 Å². The lowest BCUT2D eigenvalue weighted by Gasteiger charge is -2.47. The summed E-state index contributed by atoms with van der Waals surface area (Å²) in [5.41, 5.74) is 0.711. The SMILES string of the molecule is COc1ccc2cc(/C=C/C(=O)C[C@@H]3OC(CO)[C@@H](O[C@@H]4OC(CO[C@]5(C(=O)O)C[C@@H](O)[C@@H](C)C([C@H](O)[C@H](O)CO)O5)[C@H](O)[C@H](O)C4O)[C@H](O)C3O)ccc2c1. The van der Waals surface area contributed by atoms with E-state index in [-0.39, 0.29) is 0 Å². The molecule has 0 aromatic heterocycles. The smallest absolute Gasteiger partial charge is 0.364 e. The van der Waals surface area contributed by atoms with Gasteiger partial charge in [0.2, 0.25) is 0 Å². The number of ketones is 1. The molecule has 5 unspecified atom stereocenters. The van der Waals surface area contributed by atoms with Crippen molar-refractivity contribution in [1.82, 2.24) is 0 Å². The fourth-order valence-corrected chi connectivity index (χ4v) is 7.02. The number of aliphatic hydroxyl groups excluding tert-OH is 10. The topological polar surface area (TPSA) is 312 Å². The van der Waals surface area contributed by atoms with Crippen LogP contribution in [0, 0.1) is 5.92 Å². The Morgan fingerprint density at radius 2 is 1.57 bits per heavy atom. The first-order valence-electron chi connectivity index (χ1n) is 18.0. The number of aliphatic hydroxyl groups is 10. The Kier molecular flexibility index (Phi) is 14.6. The number of carbonyl (C=O) groups excluding carboxylic acids is 1. The van der Waals surface area contributed by atoms with Crippen LogP contribution >= 0.6 is 0 Å². The van der Waals surface area contributed by atoms with Crippen LogP contribution in [0.5, 0.6) is 5.75 Å². The van der Waals surface area contributed by atoms with Gasteiger partial charge in [-0.3, -0.25) is 4.79 Å². The van der Waals surface area contributed by atoms with Crippen LogP contribution < -0.4 is 4.74 Å². The molecule has 0 spiro atoms. The minimum Gasteiger partial charge on any atom is -0.497 e. The van der Waals surface area contributed by atoms with E-state index in [1.54, 1.807) is 25.3 Å². The number of rotatable bonds is 15. The molecule has 3 aliphatic rings. The summed E-state index contributed by atoms with van der Waals surface area (Å²) in [6, 6.07) is 11.1. The van der Waals surface area contributed by atoms with Gasteiger partial charge in [0.25, 0.3) is 5.79 Å². The Morgan fingerprint density at radius 1 is 0.893 bits per heavy atom. The fraction of sp³-hybridized carbons (Fsp3) is 0.622. The van der Waals surface area contributed by atoms with Gasteiger partial charge >= 0.3 is 5.97 Å². The van der Waals surface area contributed by atoms with Gasteiger partial charge in [0.1, 0.15) is 66.8 Å². The Morgan fingerprint density at radius 3 is 2.23 bits per heavy atom. The maximum absolute atomic E-state index is 12.9. The number of carboxylic acids is 1. The maximum Gasteiger partial charge on any atom is 0.364 e. The van der Waals surface area contributed by atoms with Crippen LogP contribution in [-0.4, -0.2) is 186 Å². The van der Waals surface area contributed by atoms with Crippen molar-refractivity contribution in [2.45, 2.75) is 111 Å². The summed E-state index contributed by atoms with van der Waals surface area (Å²) in [5.74, 6) is -5.20. The fourth-order valence-electron chi connectivity index (χ4n) is 7.02. The lowest BCUT2D eigenvalue weighted by molar-refractivity contribution is -0.358. The molecule has 0 bridgehead atoms. The van der Waals surface area contributed by atoms with E-state index in [2.05, 4.69) is 0 Å². The molecular formula is C37H50O19.